The smallest absolute Gasteiger partial charge is 0.193 e. The van der Waals surface area contributed by atoms with Crippen LogP contribution in [0.25, 0.3) is 0 Å². The Hall–Kier alpha value is -0.770. The van der Waals surface area contributed by atoms with Gasteiger partial charge in [-0.1, -0.05) is 0 Å². The molecule has 0 spiro atoms. The van der Waals surface area contributed by atoms with Crippen LogP contribution in [-0.4, -0.2) is 51.3 Å². The van der Waals surface area contributed by atoms with Crippen molar-refractivity contribution < 1.29 is 4.74 Å². The molecule has 0 atom stereocenters. The molecule has 0 saturated heterocycles. The number of hydrogen-bond acceptors (Lipinski definition) is 2. The fourth-order valence-corrected chi connectivity index (χ4v) is 1.01. The number of nitrogens with zero attached hydrogens (tertiary/aromatic N) is 2. The van der Waals surface area contributed by atoms with Gasteiger partial charge in [0.25, 0.3) is 0 Å². The van der Waals surface area contributed by atoms with Gasteiger partial charge in [0.05, 0.1) is 0 Å². The van der Waals surface area contributed by atoms with Crippen LogP contribution in [0.3, 0.4) is 0 Å². The largest absolute Gasteiger partial charge is 0.382 e. The summed E-state index contributed by atoms with van der Waals surface area (Å²) in [6.45, 7) is 7.39. The van der Waals surface area contributed by atoms with E-state index < -0.39 is 0 Å². The Kier molecular flexibility index (Phi) is 8.33. The van der Waals surface area contributed by atoms with Crippen LogP contribution < -0.4 is 5.32 Å². The molecule has 14 heavy (non-hydrogen) atoms. The zero-order valence-corrected chi connectivity index (χ0v) is 9.84. The summed E-state index contributed by atoms with van der Waals surface area (Å²) in [5.41, 5.74) is 0. The monoisotopic (exact) mass is 201 g/mol. The third-order valence-corrected chi connectivity index (χ3v) is 1.67. The maximum absolute atomic E-state index is 5.23. The highest BCUT2D eigenvalue weighted by molar-refractivity contribution is 5.79. The number of nitrogens with one attached hydrogen (secondary N) is 1. The topological polar surface area (TPSA) is 36.9 Å². The average molecular weight is 201 g/mol. The van der Waals surface area contributed by atoms with Gasteiger partial charge in [-0.3, -0.25) is 4.99 Å². The summed E-state index contributed by atoms with van der Waals surface area (Å²) in [4.78, 5) is 6.43. The van der Waals surface area contributed by atoms with Crippen molar-refractivity contribution in [3.8, 4) is 0 Å². The summed E-state index contributed by atoms with van der Waals surface area (Å²) in [6.07, 6.45) is 0.983. The van der Waals surface area contributed by atoms with Crippen molar-refractivity contribution in [1.29, 1.82) is 0 Å². The van der Waals surface area contributed by atoms with Crippen molar-refractivity contribution in [2.45, 2.75) is 20.3 Å². The summed E-state index contributed by atoms with van der Waals surface area (Å²) in [5.74, 6) is 0.948. The number of rotatable bonds is 6. The van der Waals surface area contributed by atoms with E-state index in [0.29, 0.717) is 0 Å². The van der Waals surface area contributed by atoms with Gasteiger partial charge in [0.1, 0.15) is 0 Å². The van der Waals surface area contributed by atoms with E-state index in [9.17, 15) is 0 Å². The summed E-state index contributed by atoms with van der Waals surface area (Å²) >= 11 is 0. The quantitative estimate of drug-likeness (QED) is 0.395. The second-order valence-electron chi connectivity index (χ2n) is 3.18. The van der Waals surface area contributed by atoms with Crippen molar-refractivity contribution in [1.82, 2.24) is 10.2 Å². The summed E-state index contributed by atoms with van der Waals surface area (Å²) < 4.78 is 5.23. The standard InChI is InChI=1S/C10H23N3O/c1-5-11-10(13(3)4)12-8-7-9-14-6-2/h5-9H2,1-4H3,(H,11,12). The van der Waals surface area contributed by atoms with Gasteiger partial charge in [-0.25, -0.2) is 0 Å². The number of guanidine groups is 1. The first-order chi connectivity index (χ1) is 6.72. The molecule has 1 N–H and O–H groups in total. The Morgan fingerprint density at radius 3 is 2.57 bits per heavy atom. The molecule has 0 aromatic carbocycles. The number of aliphatic imine (C=N–C) groups is 1. The lowest BCUT2D eigenvalue weighted by atomic mass is 10.4. The molecule has 84 valence electrons. The lowest BCUT2D eigenvalue weighted by Gasteiger charge is -2.16. The molecule has 0 unspecified atom stereocenters. The van der Waals surface area contributed by atoms with Crippen molar-refractivity contribution in [2.24, 2.45) is 4.99 Å². The Bertz CT molecular complexity index is 157. The van der Waals surface area contributed by atoms with Crippen LogP contribution in [0.2, 0.25) is 0 Å². The minimum Gasteiger partial charge on any atom is -0.382 e. The first-order valence-electron chi connectivity index (χ1n) is 5.25. The van der Waals surface area contributed by atoms with Gasteiger partial charge < -0.3 is 15.0 Å². The van der Waals surface area contributed by atoms with Crippen LogP contribution in [0.4, 0.5) is 0 Å². The molecule has 0 aromatic rings. The summed E-state index contributed by atoms with van der Waals surface area (Å²) in [7, 11) is 3.98. The van der Waals surface area contributed by atoms with E-state index in [1.54, 1.807) is 0 Å². The molecule has 0 saturated carbocycles. The van der Waals surface area contributed by atoms with Crippen molar-refractivity contribution in [3.63, 3.8) is 0 Å². The van der Waals surface area contributed by atoms with Crippen molar-refractivity contribution in [2.75, 3.05) is 40.4 Å². The van der Waals surface area contributed by atoms with Crippen LogP contribution in [0, 0.1) is 0 Å². The van der Waals surface area contributed by atoms with Gasteiger partial charge in [0.15, 0.2) is 5.96 Å². The lowest BCUT2D eigenvalue weighted by molar-refractivity contribution is 0.146. The fourth-order valence-electron chi connectivity index (χ4n) is 1.01. The highest BCUT2D eigenvalue weighted by atomic mass is 16.5. The summed E-state index contributed by atoms with van der Waals surface area (Å²) in [6, 6.07) is 0. The van der Waals surface area contributed by atoms with E-state index >= 15 is 0 Å². The molecule has 0 bridgehead atoms. The van der Waals surface area contributed by atoms with Crippen molar-refractivity contribution in [3.05, 3.63) is 0 Å². The van der Waals surface area contributed by atoms with Crippen LogP contribution in [0.1, 0.15) is 20.3 Å². The van der Waals surface area contributed by atoms with E-state index in [4.69, 9.17) is 4.74 Å². The highest BCUT2D eigenvalue weighted by Gasteiger charge is 1.97. The molecule has 0 fully saturated rings. The SMILES string of the molecule is CCNC(=NCCCOCC)N(C)C. The molecule has 0 radical (unpaired) electrons. The van der Waals surface area contributed by atoms with E-state index in [2.05, 4.69) is 17.2 Å². The Morgan fingerprint density at radius 2 is 2.07 bits per heavy atom. The molecule has 0 rings (SSSR count). The Morgan fingerprint density at radius 1 is 1.36 bits per heavy atom. The van der Waals surface area contributed by atoms with Crippen molar-refractivity contribution >= 4 is 5.96 Å². The Labute approximate surface area is 87.3 Å². The third-order valence-electron chi connectivity index (χ3n) is 1.67. The first-order valence-corrected chi connectivity index (χ1v) is 5.25. The second kappa shape index (κ2) is 8.81. The van der Waals surface area contributed by atoms with E-state index in [-0.39, 0.29) is 0 Å². The second-order valence-corrected chi connectivity index (χ2v) is 3.18. The zero-order valence-electron chi connectivity index (χ0n) is 9.84. The maximum atomic E-state index is 5.23. The van der Waals surface area contributed by atoms with E-state index in [1.807, 2.05) is 25.9 Å². The Balaban J connectivity index is 3.68. The minimum atomic E-state index is 0.789. The predicted molar refractivity (Wildman–Crippen MR) is 60.8 cm³/mol. The molecular weight excluding hydrogens is 178 g/mol. The molecule has 0 aliphatic rings. The normalized spacial score (nSPS) is 11.6. The average Bonchev–Trinajstić information content (AvgIpc) is 2.15. The van der Waals surface area contributed by atoms with Gasteiger partial charge in [-0.15, -0.1) is 0 Å². The van der Waals surface area contributed by atoms with E-state index in [0.717, 1.165) is 38.7 Å². The lowest BCUT2D eigenvalue weighted by Crippen LogP contribution is -2.36. The number of ether oxygens (including phenoxy) is 1. The predicted octanol–water partition coefficient (Wildman–Crippen LogP) is 0.940. The molecule has 0 aliphatic carbocycles. The van der Waals surface area contributed by atoms with Crippen LogP contribution in [0.15, 0.2) is 4.99 Å². The fraction of sp³-hybridized carbons (Fsp3) is 0.900. The van der Waals surface area contributed by atoms with Gasteiger partial charge in [0.2, 0.25) is 0 Å². The van der Waals surface area contributed by atoms with E-state index in [1.165, 1.54) is 0 Å². The van der Waals surface area contributed by atoms with Gasteiger partial charge >= 0.3 is 0 Å². The molecule has 0 aliphatic heterocycles. The van der Waals surface area contributed by atoms with Crippen LogP contribution >= 0.6 is 0 Å². The highest BCUT2D eigenvalue weighted by Crippen LogP contribution is 1.87. The van der Waals surface area contributed by atoms with Gasteiger partial charge in [-0.05, 0) is 20.3 Å². The molecule has 0 amide bonds. The molecule has 0 heterocycles. The maximum Gasteiger partial charge on any atom is 0.193 e. The molecule has 0 aromatic heterocycles. The molecule has 4 nitrogen and oxygen atoms in total. The van der Waals surface area contributed by atoms with Crippen LogP contribution in [0.5, 0.6) is 0 Å². The number of hydrogen-bond donors (Lipinski definition) is 1. The first kappa shape index (κ1) is 13.2. The summed E-state index contributed by atoms with van der Waals surface area (Å²) in [5, 5.41) is 3.21. The zero-order chi connectivity index (χ0) is 10.8. The van der Waals surface area contributed by atoms with Gasteiger partial charge in [0, 0.05) is 40.4 Å². The minimum absolute atomic E-state index is 0.789. The third kappa shape index (κ3) is 6.71. The van der Waals surface area contributed by atoms with Crippen LogP contribution in [-0.2, 0) is 4.74 Å². The van der Waals surface area contributed by atoms with Gasteiger partial charge in [-0.2, -0.15) is 0 Å². The molecular formula is C10H23N3O. The molecule has 4 heteroatoms.